The lowest BCUT2D eigenvalue weighted by molar-refractivity contribution is 0.984. The van der Waals surface area contributed by atoms with Crippen LogP contribution in [0.3, 0.4) is 0 Å². The van der Waals surface area contributed by atoms with Crippen molar-refractivity contribution in [3.63, 3.8) is 0 Å². The maximum atomic E-state index is 7.66. The number of amidine groups is 1. The minimum absolute atomic E-state index is 0.0875. The molecule has 1 heterocycles. The Morgan fingerprint density at radius 2 is 1.90 bits per heavy atom. The van der Waals surface area contributed by atoms with Gasteiger partial charge in [0, 0.05) is 10.5 Å². The van der Waals surface area contributed by atoms with E-state index in [2.05, 4.69) is 10.2 Å². The van der Waals surface area contributed by atoms with Gasteiger partial charge in [0.25, 0.3) is 0 Å². The number of nitrogens with two attached hydrogens (primary N) is 1. The summed E-state index contributed by atoms with van der Waals surface area (Å²) in [5.41, 5.74) is 6.40. The molecule has 20 heavy (non-hydrogen) atoms. The van der Waals surface area contributed by atoms with Crippen LogP contribution in [-0.4, -0.2) is 16.0 Å². The van der Waals surface area contributed by atoms with E-state index in [0.717, 1.165) is 30.6 Å². The lowest BCUT2D eigenvalue weighted by Crippen LogP contribution is -2.11. The first-order chi connectivity index (χ1) is 9.65. The number of aryl methyl sites for hydroxylation is 1. The van der Waals surface area contributed by atoms with Crippen LogP contribution >= 0.6 is 23.1 Å². The predicted octanol–water partition coefficient (Wildman–Crippen LogP) is 3.43. The Morgan fingerprint density at radius 1 is 1.15 bits per heavy atom. The highest BCUT2D eigenvalue weighted by molar-refractivity contribution is 8.01. The molecule has 0 unspecified atom stereocenters. The molecule has 0 atom stereocenters. The Morgan fingerprint density at radius 3 is 2.55 bits per heavy atom. The van der Waals surface area contributed by atoms with E-state index < -0.39 is 0 Å². The molecule has 3 rings (SSSR count). The van der Waals surface area contributed by atoms with Crippen LogP contribution in [0.4, 0.5) is 0 Å². The maximum Gasteiger partial charge on any atom is 0.179 e. The first-order valence-corrected chi connectivity index (χ1v) is 7.62. The zero-order valence-corrected chi connectivity index (χ0v) is 12.4. The number of hydrogen-bond donors (Lipinski definition) is 2. The van der Waals surface area contributed by atoms with Crippen LogP contribution in [0.25, 0.3) is 10.8 Å². The Balaban J connectivity index is 2.12. The summed E-state index contributed by atoms with van der Waals surface area (Å²) in [4.78, 5) is 1.10. The molecule has 0 fully saturated rings. The van der Waals surface area contributed by atoms with Gasteiger partial charge in [-0.15, -0.1) is 10.2 Å². The molecular weight excluding hydrogens is 288 g/mol. The SMILES string of the molecule is Cc1nnc(Sc2ccc(C(=N)N)c3ccccc23)s1. The summed E-state index contributed by atoms with van der Waals surface area (Å²) in [6, 6.07) is 11.8. The van der Waals surface area contributed by atoms with E-state index in [-0.39, 0.29) is 5.84 Å². The molecule has 0 spiro atoms. The zero-order valence-electron chi connectivity index (χ0n) is 10.8. The summed E-state index contributed by atoms with van der Waals surface area (Å²) in [5.74, 6) is 0.0875. The van der Waals surface area contributed by atoms with Crippen LogP contribution in [0.15, 0.2) is 45.6 Å². The molecule has 0 aliphatic heterocycles. The molecule has 3 aromatic rings. The highest BCUT2D eigenvalue weighted by Gasteiger charge is 2.10. The third-order valence-corrected chi connectivity index (χ3v) is 4.84. The molecule has 0 saturated heterocycles. The second kappa shape index (κ2) is 5.22. The molecule has 0 amide bonds. The fraction of sp³-hybridized carbons (Fsp3) is 0.0714. The van der Waals surface area contributed by atoms with Crippen molar-refractivity contribution in [2.45, 2.75) is 16.2 Å². The van der Waals surface area contributed by atoms with E-state index in [9.17, 15) is 0 Å². The van der Waals surface area contributed by atoms with Gasteiger partial charge in [0.15, 0.2) is 4.34 Å². The maximum absolute atomic E-state index is 7.66. The summed E-state index contributed by atoms with van der Waals surface area (Å²) in [7, 11) is 0. The minimum atomic E-state index is 0.0875. The number of nitrogens with one attached hydrogen (secondary N) is 1. The van der Waals surface area contributed by atoms with Gasteiger partial charge in [0.2, 0.25) is 0 Å². The van der Waals surface area contributed by atoms with Crippen LogP contribution in [0.2, 0.25) is 0 Å². The molecule has 6 heteroatoms. The lowest BCUT2D eigenvalue weighted by Gasteiger charge is -2.08. The Labute approximate surface area is 124 Å². The summed E-state index contributed by atoms with van der Waals surface area (Å²) in [5, 5.41) is 18.9. The zero-order chi connectivity index (χ0) is 14.1. The topological polar surface area (TPSA) is 75.7 Å². The molecule has 0 radical (unpaired) electrons. The highest BCUT2D eigenvalue weighted by atomic mass is 32.2. The van der Waals surface area contributed by atoms with Gasteiger partial charge in [0.1, 0.15) is 10.8 Å². The van der Waals surface area contributed by atoms with Crippen molar-refractivity contribution in [3.8, 4) is 0 Å². The second-order valence-corrected chi connectivity index (χ2v) is 6.73. The first kappa shape index (κ1) is 13.1. The van der Waals surface area contributed by atoms with Gasteiger partial charge in [-0.3, -0.25) is 5.41 Å². The van der Waals surface area contributed by atoms with Crippen LogP contribution < -0.4 is 5.73 Å². The van der Waals surface area contributed by atoms with Gasteiger partial charge in [-0.05, 0) is 29.8 Å². The largest absolute Gasteiger partial charge is 0.384 e. The molecule has 0 aliphatic carbocycles. The summed E-state index contributed by atoms with van der Waals surface area (Å²) >= 11 is 3.17. The van der Waals surface area contributed by atoms with E-state index in [0.29, 0.717) is 0 Å². The van der Waals surface area contributed by atoms with Gasteiger partial charge in [0.05, 0.1) is 0 Å². The fourth-order valence-electron chi connectivity index (χ4n) is 2.01. The number of hydrogen-bond acceptors (Lipinski definition) is 5. The van der Waals surface area contributed by atoms with Crippen LogP contribution in [-0.2, 0) is 0 Å². The van der Waals surface area contributed by atoms with Crippen molar-refractivity contribution in [1.82, 2.24) is 10.2 Å². The van der Waals surface area contributed by atoms with E-state index in [1.54, 1.807) is 23.1 Å². The summed E-state index contributed by atoms with van der Waals surface area (Å²) in [6.07, 6.45) is 0. The van der Waals surface area contributed by atoms with Crippen LogP contribution in [0.5, 0.6) is 0 Å². The monoisotopic (exact) mass is 300 g/mol. The number of nitrogen functional groups attached to an aromatic ring is 1. The molecule has 1 aromatic heterocycles. The third kappa shape index (κ3) is 2.39. The van der Waals surface area contributed by atoms with Crippen molar-refractivity contribution < 1.29 is 0 Å². The first-order valence-electron chi connectivity index (χ1n) is 5.99. The molecule has 0 aliphatic rings. The van der Waals surface area contributed by atoms with Crippen molar-refractivity contribution in [1.29, 1.82) is 5.41 Å². The van der Waals surface area contributed by atoms with Crippen LogP contribution in [0.1, 0.15) is 10.6 Å². The number of nitrogens with zero attached hydrogens (tertiary/aromatic N) is 2. The molecule has 3 N–H and O–H groups in total. The number of rotatable bonds is 3. The van der Waals surface area contributed by atoms with Gasteiger partial charge < -0.3 is 5.73 Å². The molecule has 100 valence electrons. The standard InChI is InChI=1S/C14H12N4S2/c1-8-17-18-14(19-8)20-12-7-6-11(13(15)16)9-4-2-3-5-10(9)12/h2-7H,1H3,(H3,15,16). The van der Waals surface area contributed by atoms with Crippen molar-refractivity contribution >= 4 is 39.7 Å². The van der Waals surface area contributed by atoms with Crippen molar-refractivity contribution in [2.75, 3.05) is 0 Å². The number of fused-ring (bicyclic) bond motifs is 1. The summed E-state index contributed by atoms with van der Waals surface area (Å²) in [6.45, 7) is 1.94. The minimum Gasteiger partial charge on any atom is -0.384 e. The van der Waals surface area contributed by atoms with Gasteiger partial charge in [-0.1, -0.05) is 47.4 Å². The van der Waals surface area contributed by atoms with E-state index >= 15 is 0 Å². The predicted molar refractivity (Wildman–Crippen MR) is 83.7 cm³/mol. The number of benzene rings is 2. The number of aromatic nitrogens is 2. The fourth-order valence-corrected chi connectivity index (χ4v) is 3.92. The van der Waals surface area contributed by atoms with E-state index in [1.807, 2.05) is 43.3 Å². The molecule has 4 nitrogen and oxygen atoms in total. The van der Waals surface area contributed by atoms with E-state index in [4.69, 9.17) is 11.1 Å². The Hall–Kier alpha value is -1.92. The average Bonchev–Trinajstić information content (AvgIpc) is 2.84. The quantitative estimate of drug-likeness (QED) is 0.574. The van der Waals surface area contributed by atoms with Gasteiger partial charge >= 0.3 is 0 Å². The van der Waals surface area contributed by atoms with E-state index in [1.165, 1.54) is 0 Å². The average molecular weight is 300 g/mol. The lowest BCUT2D eigenvalue weighted by atomic mass is 10.0. The van der Waals surface area contributed by atoms with Gasteiger partial charge in [-0.25, -0.2) is 0 Å². The van der Waals surface area contributed by atoms with Crippen molar-refractivity contribution in [2.24, 2.45) is 5.73 Å². The highest BCUT2D eigenvalue weighted by Crippen LogP contribution is 2.35. The Kier molecular flexibility index (Phi) is 3.42. The van der Waals surface area contributed by atoms with Gasteiger partial charge in [-0.2, -0.15) is 0 Å². The Bertz CT molecular complexity index is 795. The normalized spacial score (nSPS) is 10.8. The van der Waals surface area contributed by atoms with Crippen LogP contribution in [0, 0.1) is 12.3 Å². The molecular formula is C14H12N4S2. The molecule has 0 bridgehead atoms. The second-order valence-electron chi connectivity index (χ2n) is 4.26. The summed E-state index contributed by atoms with van der Waals surface area (Å²) < 4.78 is 0.920. The molecule has 2 aromatic carbocycles. The molecule has 0 saturated carbocycles. The smallest absolute Gasteiger partial charge is 0.179 e. The van der Waals surface area contributed by atoms with Crippen molar-refractivity contribution in [3.05, 3.63) is 47.0 Å². The third-order valence-electron chi connectivity index (χ3n) is 2.88.